The van der Waals surface area contributed by atoms with E-state index in [1.807, 2.05) is 4.98 Å². The van der Waals surface area contributed by atoms with Crippen LogP contribution >= 0.6 is 15.6 Å². The molecule has 6 atom stereocenters. The summed E-state index contributed by atoms with van der Waals surface area (Å²) in [4.78, 5) is 61.7. The Morgan fingerprint density at radius 1 is 1.16 bits per heavy atom. The summed E-state index contributed by atoms with van der Waals surface area (Å²) in [6.45, 7) is 0.254. The fraction of sp³-hybridized carbons (Fsp3) is 0.421. The third kappa shape index (κ3) is 8.17. The van der Waals surface area contributed by atoms with Gasteiger partial charge in [0.25, 0.3) is 21.2 Å². The molecule has 3 rings (SSSR count). The lowest BCUT2D eigenvalue weighted by Gasteiger charge is -2.31. The molecule has 3 N–H and O–H groups in total. The second-order valence-electron chi connectivity index (χ2n) is 7.54. The maximum Gasteiger partial charge on any atom is 0.412 e. The minimum atomic E-state index is -5.51. The Bertz CT molecular complexity index is 1280. The van der Waals surface area contributed by atoms with E-state index in [9.17, 15) is 38.4 Å². The molecule has 0 aliphatic carbocycles. The largest absolute Gasteiger partial charge is 0.756 e. The minimum absolute atomic E-state index is 0.256. The van der Waals surface area contributed by atoms with Crippen LogP contribution in [0.4, 0.5) is 10.5 Å². The number of para-hydroxylation sites is 1. The molecule has 18 heteroatoms. The first-order chi connectivity index (χ1) is 17.4. The Morgan fingerprint density at radius 2 is 1.84 bits per heavy atom. The molecule has 1 saturated heterocycles. The van der Waals surface area contributed by atoms with Gasteiger partial charge in [0.15, 0.2) is 12.3 Å². The molecule has 1 fully saturated rings. The number of aliphatic hydroxyl groups is 1. The van der Waals surface area contributed by atoms with E-state index >= 15 is 0 Å². The molecule has 2 heterocycles. The average molecular weight is 563 g/mol. The Balaban J connectivity index is 1.76. The van der Waals surface area contributed by atoms with Crippen molar-refractivity contribution in [3.63, 3.8) is 0 Å². The molecule has 1 aromatic carbocycles. The predicted octanol–water partition coefficient (Wildman–Crippen LogP) is -0.191. The molecular formula is C19H23N3O13P2-2. The fourth-order valence-electron chi connectivity index (χ4n) is 3.16. The van der Waals surface area contributed by atoms with E-state index in [0.29, 0.717) is 5.69 Å². The van der Waals surface area contributed by atoms with Crippen LogP contribution in [0.25, 0.3) is 0 Å². The quantitative estimate of drug-likeness (QED) is 0.301. The van der Waals surface area contributed by atoms with Crippen molar-refractivity contribution in [2.24, 2.45) is 0 Å². The molecule has 1 aromatic heterocycles. The summed E-state index contributed by atoms with van der Waals surface area (Å²) in [6.07, 6.45) is -6.28. The SMILES string of the molecule is CCCOP(=O)([O-])OP(=O)([O-])OC[C@H]1O[C@@H](n2ccc(=O)[nH]c2=O)[C@@H](OC(=O)Nc2ccccc2)C1O. The highest BCUT2D eigenvalue weighted by Crippen LogP contribution is 2.55. The number of ether oxygens (including phenoxy) is 2. The zero-order valence-corrected chi connectivity index (χ0v) is 20.9. The van der Waals surface area contributed by atoms with Crippen LogP contribution in [0, 0.1) is 0 Å². The Morgan fingerprint density at radius 3 is 2.49 bits per heavy atom. The minimum Gasteiger partial charge on any atom is -0.756 e. The first kappa shape index (κ1) is 28.9. The second kappa shape index (κ2) is 12.3. The van der Waals surface area contributed by atoms with E-state index in [1.165, 1.54) is 0 Å². The lowest BCUT2D eigenvalue weighted by molar-refractivity contribution is -0.245. The molecule has 16 nitrogen and oxygen atoms in total. The number of benzene rings is 1. The number of H-pyrrole nitrogens is 1. The number of anilines is 1. The molecule has 3 unspecified atom stereocenters. The number of rotatable bonds is 11. The van der Waals surface area contributed by atoms with Gasteiger partial charge in [0.1, 0.15) is 12.2 Å². The number of aliphatic hydroxyl groups excluding tert-OH is 1. The van der Waals surface area contributed by atoms with Gasteiger partial charge >= 0.3 is 11.8 Å². The molecule has 0 bridgehead atoms. The average Bonchev–Trinajstić information content (AvgIpc) is 3.11. The fourth-order valence-corrected chi connectivity index (χ4v) is 5.26. The van der Waals surface area contributed by atoms with Gasteiger partial charge in [0, 0.05) is 18.0 Å². The molecule has 0 spiro atoms. The normalized spacial score (nSPS) is 24.6. The van der Waals surface area contributed by atoms with E-state index < -0.39 is 64.1 Å². The number of nitrogens with one attached hydrogen (secondary N) is 2. The number of phosphoric ester groups is 2. The van der Waals surface area contributed by atoms with Gasteiger partial charge in [-0.15, -0.1) is 0 Å². The van der Waals surface area contributed by atoms with Crippen molar-refractivity contribution >= 4 is 27.4 Å². The Labute approximate surface area is 209 Å². The summed E-state index contributed by atoms with van der Waals surface area (Å²) in [7, 11) is -10.8. The molecule has 1 amide bonds. The highest BCUT2D eigenvalue weighted by Gasteiger charge is 2.48. The van der Waals surface area contributed by atoms with Crippen molar-refractivity contribution in [3.05, 3.63) is 63.4 Å². The molecule has 0 saturated carbocycles. The highest BCUT2D eigenvalue weighted by atomic mass is 31.3. The lowest BCUT2D eigenvalue weighted by atomic mass is 10.1. The van der Waals surface area contributed by atoms with Crippen molar-refractivity contribution in [2.75, 3.05) is 18.5 Å². The van der Waals surface area contributed by atoms with Crippen molar-refractivity contribution in [3.8, 4) is 0 Å². The number of aromatic nitrogens is 2. The molecule has 1 aliphatic heterocycles. The van der Waals surface area contributed by atoms with Gasteiger partial charge in [-0.2, -0.15) is 0 Å². The number of hydrogen-bond donors (Lipinski definition) is 3. The summed E-state index contributed by atoms with van der Waals surface area (Å²) in [6, 6.07) is 9.04. The van der Waals surface area contributed by atoms with Gasteiger partial charge in [0.05, 0.1) is 13.2 Å². The smallest absolute Gasteiger partial charge is 0.412 e. The van der Waals surface area contributed by atoms with Crippen LogP contribution in [0.5, 0.6) is 0 Å². The zero-order chi connectivity index (χ0) is 27.2. The maximum atomic E-state index is 12.4. The van der Waals surface area contributed by atoms with E-state index in [2.05, 4.69) is 18.7 Å². The van der Waals surface area contributed by atoms with E-state index in [4.69, 9.17) is 9.47 Å². The summed E-state index contributed by atoms with van der Waals surface area (Å²) < 4.78 is 47.9. The van der Waals surface area contributed by atoms with Gasteiger partial charge in [-0.25, -0.2) is 13.9 Å². The van der Waals surface area contributed by atoms with Crippen LogP contribution in [-0.2, 0) is 32.0 Å². The third-order valence-electron chi connectivity index (χ3n) is 4.75. The summed E-state index contributed by atoms with van der Waals surface area (Å²) in [5.74, 6) is 0. The van der Waals surface area contributed by atoms with Gasteiger partial charge in [-0.1, -0.05) is 25.1 Å². The molecule has 204 valence electrons. The van der Waals surface area contributed by atoms with Crippen molar-refractivity contribution in [1.29, 1.82) is 0 Å². The molecule has 0 radical (unpaired) electrons. The van der Waals surface area contributed by atoms with Crippen LogP contribution in [0.15, 0.2) is 52.2 Å². The monoisotopic (exact) mass is 563 g/mol. The molecule has 2 aromatic rings. The topological polar surface area (TPSA) is 231 Å². The third-order valence-corrected chi connectivity index (χ3v) is 7.32. The van der Waals surface area contributed by atoms with Crippen LogP contribution in [-0.4, -0.2) is 52.3 Å². The van der Waals surface area contributed by atoms with E-state index in [0.717, 1.165) is 16.8 Å². The Hall–Kier alpha value is -2.65. The Kier molecular flexibility index (Phi) is 9.58. The number of carbonyl (C=O) groups excluding carboxylic acids is 1. The summed E-state index contributed by atoms with van der Waals surface area (Å²) >= 11 is 0. The number of carbonyl (C=O) groups is 1. The van der Waals surface area contributed by atoms with Crippen molar-refractivity contribution in [1.82, 2.24) is 9.55 Å². The van der Waals surface area contributed by atoms with Crippen LogP contribution in [0.1, 0.15) is 19.6 Å². The van der Waals surface area contributed by atoms with Gasteiger partial charge in [-0.3, -0.25) is 28.8 Å². The van der Waals surface area contributed by atoms with E-state index in [-0.39, 0.29) is 13.0 Å². The zero-order valence-electron chi connectivity index (χ0n) is 19.2. The number of nitrogens with zero attached hydrogens (tertiary/aromatic N) is 1. The van der Waals surface area contributed by atoms with E-state index in [1.54, 1.807) is 37.3 Å². The first-order valence-corrected chi connectivity index (χ1v) is 13.6. The number of hydrogen-bond acceptors (Lipinski definition) is 13. The molecule has 37 heavy (non-hydrogen) atoms. The first-order valence-electron chi connectivity index (χ1n) is 10.7. The standard InChI is InChI=1S/C19H25N3O13P2/c1-2-10-31-36(27,28)35-37(29,30)32-11-13-15(24)16(34-19(26)20-12-6-4-3-5-7-12)17(33-13)22-9-8-14(23)21-18(22)25/h3-9,13,15-17,24H,2,10-11H2,1H3,(H,20,26)(H,27,28)(H,29,30)(H,21,23,25)/p-2/t13-,15?,16+,17-/m1/s1. The lowest BCUT2D eigenvalue weighted by Crippen LogP contribution is -2.41. The summed E-state index contributed by atoms with van der Waals surface area (Å²) in [5.41, 5.74) is -1.38. The van der Waals surface area contributed by atoms with Gasteiger partial charge in [0.2, 0.25) is 0 Å². The van der Waals surface area contributed by atoms with Gasteiger partial charge < -0.3 is 33.4 Å². The number of aromatic amines is 1. The molecule has 1 aliphatic rings. The maximum absolute atomic E-state index is 12.4. The van der Waals surface area contributed by atoms with Crippen LogP contribution < -0.4 is 26.4 Å². The highest BCUT2D eigenvalue weighted by molar-refractivity contribution is 7.59. The van der Waals surface area contributed by atoms with Gasteiger partial charge in [-0.05, 0) is 18.6 Å². The number of phosphoric acid groups is 2. The summed E-state index contributed by atoms with van der Waals surface area (Å²) in [5, 5.41) is 13.1. The van der Waals surface area contributed by atoms with Crippen molar-refractivity contribution in [2.45, 2.75) is 37.9 Å². The predicted molar refractivity (Wildman–Crippen MR) is 120 cm³/mol. The van der Waals surface area contributed by atoms with Crippen LogP contribution in [0.3, 0.4) is 0 Å². The number of amides is 1. The van der Waals surface area contributed by atoms with Crippen LogP contribution in [0.2, 0.25) is 0 Å². The molecular weight excluding hydrogens is 540 g/mol. The van der Waals surface area contributed by atoms with Crippen molar-refractivity contribution < 1.29 is 51.6 Å². The second-order valence-corrected chi connectivity index (χ2v) is 10.5.